The molecule has 0 aliphatic rings. The van der Waals surface area contributed by atoms with E-state index in [0.717, 1.165) is 5.56 Å². The van der Waals surface area contributed by atoms with Crippen molar-refractivity contribution in [2.75, 3.05) is 0 Å². The molecule has 24 heavy (non-hydrogen) atoms. The zero-order valence-electron chi connectivity index (χ0n) is 12.6. The highest BCUT2D eigenvalue weighted by molar-refractivity contribution is 6.33. The topological polar surface area (TPSA) is 79.6 Å². The third kappa shape index (κ3) is 3.12. The minimum Gasteiger partial charge on any atom is -0.546 e. The van der Waals surface area contributed by atoms with Crippen molar-refractivity contribution in [3.63, 3.8) is 0 Å². The Balaban J connectivity index is 2.18. The van der Waals surface area contributed by atoms with Gasteiger partial charge in [-0.15, -0.1) is 0 Å². The van der Waals surface area contributed by atoms with Gasteiger partial charge >= 0.3 is 5.63 Å². The average molecular weight is 344 g/mol. The largest absolute Gasteiger partial charge is 0.546 e. The Kier molecular flexibility index (Phi) is 4.27. The van der Waals surface area contributed by atoms with Gasteiger partial charge in [0.1, 0.15) is 17.4 Å². The lowest BCUT2D eigenvalue weighted by atomic mass is 10.0. The highest BCUT2D eigenvalue weighted by Gasteiger charge is 2.14. The minimum atomic E-state index is -1.37. The predicted molar refractivity (Wildman–Crippen MR) is 88.0 cm³/mol. The Hall–Kier alpha value is -2.79. The van der Waals surface area contributed by atoms with Crippen LogP contribution in [-0.2, 0) is 4.79 Å². The van der Waals surface area contributed by atoms with Crippen LogP contribution in [0.4, 0.5) is 0 Å². The van der Waals surface area contributed by atoms with E-state index in [0.29, 0.717) is 10.9 Å². The molecule has 0 bridgehead atoms. The number of hydrogen-bond acceptors (Lipinski definition) is 5. The first-order chi connectivity index (χ1) is 11.5. The van der Waals surface area contributed by atoms with E-state index in [9.17, 15) is 14.7 Å². The highest BCUT2D eigenvalue weighted by atomic mass is 35.5. The fourth-order valence-corrected chi connectivity index (χ4v) is 2.56. The molecule has 0 aliphatic carbocycles. The zero-order valence-corrected chi connectivity index (χ0v) is 13.4. The molecule has 0 unspecified atom stereocenters. The molecule has 1 atom stereocenters. The van der Waals surface area contributed by atoms with Crippen molar-refractivity contribution in [1.29, 1.82) is 0 Å². The Morgan fingerprint density at radius 2 is 1.92 bits per heavy atom. The first-order valence-corrected chi connectivity index (χ1v) is 7.54. The quantitative estimate of drug-likeness (QED) is 0.680. The van der Waals surface area contributed by atoms with Gasteiger partial charge in [0.25, 0.3) is 0 Å². The van der Waals surface area contributed by atoms with Crippen LogP contribution in [0.2, 0.25) is 5.02 Å². The summed E-state index contributed by atoms with van der Waals surface area (Å²) in [7, 11) is 0. The summed E-state index contributed by atoms with van der Waals surface area (Å²) in [6.07, 6.45) is -1.19. The standard InChI is InChI=1S/C18H13ClO5/c1-10(18(21)22)23-16-9-15-13(7-14(16)19)12(8-17(20)24-15)11-5-3-2-4-6-11/h2-10H,1H3,(H,21,22)/p-1/t10-/m1/s1. The second kappa shape index (κ2) is 6.37. The number of carbonyl (C=O) groups excluding carboxylic acids is 1. The molecule has 1 heterocycles. The van der Waals surface area contributed by atoms with Gasteiger partial charge in [0, 0.05) is 17.5 Å². The fraction of sp³-hybridized carbons (Fsp3) is 0.111. The van der Waals surface area contributed by atoms with Gasteiger partial charge in [-0.05, 0) is 24.1 Å². The van der Waals surface area contributed by atoms with Crippen LogP contribution in [0.1, 0.15) is 6.92 Å². The molecule has 0 amide bonds. The normalized spacial score (nSPS) is 12.1. The van der Waals surface area contributed by atoms with E-state index in [-0.39, 0.29) is 16.4 Å². The number of halogens is 1. The van der Waals surface area contributed by atoms with Crippen molar-refractivity contribution >= 4 is 28.5 Å². The molecule has 3 rings (SSSR count). The predicted octanol–water partition coefficient (Wildman–Crippen LogP) is 2.63. The summed E-state index contributed by atoms with van der Waals surface area (Å²) in [5.41, 5.74) is 1.24. The minimum absolute atomic E-state index is 0.106. The van der Waals surface area contributed by atoms with Crippen LogP contribution in [0.15, 0.2) is 57.7 Å². The molecule has 0 saturated heterocycles. The Morgan fingerprint density at radius 1 is 1.21 bits per heavy atom. The van der Waals surface area contributed by atoms with E-state index < -0.39 is 17.7 Å². The molecule has 0 aliphatic heterocycles. The number of hydrogen-bond donors (Lipinski definition) is 0. The van der Waals surface area contributed by atoms with Crippen LogP contribution in [0.25, 0.3) is 22.1 Å². The van der Waals surface area contributed by atoms with Crippen molar-refractivity contribution in [3.05, 3.63) is 64.0 Å². The number of rotatable bonds is 4. The lowest BCUT2D eigenvalue weighted by molar-refractivity contribution is -0.312. The van der Waals surface area contributed by atoms with Crippen molar-refractivity contribution in [3.8, 4) is 16.9 Å². The second-order valence-corrected chi connectivity index (χ2v) is 5.61. The van der Waals surface area contributed by atoms with Crippen LogP contribution < -0.4 is 15.5 Å². The SMILES string of the molecule is C[C@@H](Oc1cc2oc(=O)cc(-c3ccccc3)c2cc1Cl)C(=O)[O-]. The number of aliphatic carboxylic acids is 1. The fourth-order valence-electron chi connectivity index (χ4n) is 2.35. The number of carbonyl (C=O) groups is 1. The van der Waals surface area contributed by atoms with E-state index >= 15 is 0 Å². The number of ether oxygens (including phenoxy) is 1. The summed E-state index contributed by atoms with van der Waals surface area (Å²) >= 11 is 6.19. The van der Waals surface area contributed by atoms with E-state index in [1.165, 1.54) is 19.1 Å². The van der Waals surface area contributed by atoms with Gasteiger partial charge in [-0.25, -0.2) is 4.79 Å². The van der Waals surface area contributed by atoms with Crippen LogP contribution in [0, 0.1) is 0 Å². The Morgan fingerprint density at radius 3 is 2.58 bits per heavy atom. The van der Waals surface area contributed by atoms with Crippen molar-refractivity contribution < 1.29 is 19.1 Å². The summed E-state index contributed by atoms with van der Waals surface area (Å²) in [5, 5.41) is 11.7. The molecule has 5 nitrogen and oxygen atoms in total. The van der Waals surface area contributed by atoms with Crippen molar-refractivity contribution in [2.24, 2.45) is 0 Å². The van der Waals surface area contributed by atoms with Gasteiger partial charge in [0.15, 0.2) is 0 Å². The molecule has 6 heteroatoms. The molecule has 0 spiro atoms. The molecular formula is C18H12ClO5-. The average Bonchev–Trinajstić information content (AvgIpc) is 2.56. The van der Waals surface area contributed by atoms with Crippen LogP contribution >= 0.6 is 11.6 Å². The summed E-state index contributed by atoms with van der Waals surface area (Å²) in [5.74, 6) is -1.26. The summed E-state index contributed by atoms with van der Waals surface area (Å²) in [6, 6.07) is 13.7. The Bertz CT molecular complexity index is 962. The third-order valence-corrected chi connectivity index (χ3v) is 3.81. The molecule has 2 aromatic carbocycles. The van der Waals surface area contributed by atoms with Gasteiger partial charge < -0.3 is 19.1 Å². The maximum Gasteiger partial charge on any atom is 0.336 e. The molecular weight excluding hydrogens is 332 g/mol. The number of benzene rings is 2. The molecule has 0 fully saturated rings. The van der Waals surface area contributed by atoms with Crippen LogP contribution in [-0.4, -0.2) is 12.1 Å². The monoisotopic (exact) mass is 343 g/mol. The van der Waals surface area contributed by atoms with E-state index in [1.807, 2.05) is 30.3 Å². The van der Waals surface area contributed by atoms with Gasteiger partial charge in [-0.1, -0.05) is 41.9 Å². The third-order valence-electron chi connectivity index (χ3n) is 3.52. The van der Waals surface area contributed by atoms with E-state index in [1.54, 1.807) is 6.07 Å². The van der Waals surface area contributed by atoms with Crippen LogP contribution in [0.3, 0.4) is 0 Å². The lowest BCUT2D eigenvalue weighted by Crippen LogP contribution is -2.37. The number of carboxylic acid groups (broad SMARTS) is 1. The smallest absolute Gasteiger partial charge is 0.336 e. The van der Waals surface area contributed by atoms with E-state index in [2.05, 4.69) is 0 Å². The molecule has 0 saturated carbocycles. The van der Waals surface area contributed by atoms with Crippen LogP contribution in [0.5, 0.6) is 5.75 Å². The second-order valence-electron chi connectivity index (χ2n) is 5.20. The Labute approximate surface area is 142 Å². The maximum atomic E-state index is 11.9. The molecule has 122 valence electrons. The first kappa shape index (κ1) is 16.1. The summed E-state index contributed by atoms with van der Waals surface area (Å²) in [6.45, 7) is 1.33. The molecule has 0 N–H and O–H groups in total. The van der Waals surface area contributed by atoms with Crippen molar-refractivity contribution in [1.82, 2.24) is 0 Å². The lowest BCUT2D eigenvalue weighted by Gasteiger charge is -2.17. The molecule has 1 aromatic heterocycles. The van der Waals surface area contributed by atoms with E-state index in [4.69, 9.17) is 20.8 Å². The number of carboxylic acids is 1. The van der Waals surface area contributed by atoms with Crippen molar-refractivity contribution in [2.45, 2.75) is 13.0 Å². The van der Waals surface area contributed by atoms with Gasteiger partial charge in [0.2, 0.25) is 0 Å². The van der Waals surface area contributed by atoms with Gasteiger partial charge in [-0.2, -0.15) is 0 Å². The zero-order chi connectivity index (χ0) is 17.3. The highest BCUT2D eigenvalue weighted by Crippen LogP contribution is 2.35. The van der Waals surface area contributed by atoms with Gasteiger partial charge in [0.05, 0.1) is 11.0 Å². The number of fused-ring (bicyclic) bond motifs is 1. The molecule has 3 aromatic rings. The first-order valence-electron chi connectivity index (χ1n) is 7.16. The van der Waals surface area contributed by atoms with Gasteiger partial charge in [-0.3, -0.25) is 0 Å². The summed E-state index contributed by atoms with van der Waals surface area (Å²) in [4.78, 5) is 22.7. The molecule has 0 radical (unpaired) electrons. The summed E-state index contributed by atoms with van der Waals surface area (Å²) < 4.78 is 10.4. The maximum absolute atomic E-state index is 11.9.